The number of carbonyl (C=O) groups is 1. The number of nitrogens with zero attached hydrogens (tertiary/aromatic N) is 2. The van der Waals surface area contributed by atoms with Crippen molar-refractivity contribution in [2.45, 2.75) is 6.54 Å². The molecule has 0 saturated carbocycles. The van der Waals surface area contributed by atoms with Crippen LogP contribution in [0.25, 0.3) is 6.08 Å². The third kappa shape index (κ3) is 3.58. The number of thioether (sulfide) groups is 1. The maximum atomic E-state index is 12.6. The van der Waals surface area contributed by atoms with Crippen LogP contribution in [0, 0.1) is 0 Å². The summed E-state index contributed by atoms with van der Waals surface area (Å²) >= 11 is 10.2. The fraction of sp³-hybridized carbons (Fsp3) is 0.176. The number of hydrogen-bond acceptors (Lipinski definition) is 5. The lowest BCUT2D eigenvalue weighted by Crippen LogP contribution is -2.27. The molecular weight excluding hydrogens is 408 g/mol. The highest BCUT2D eigenvalue weighted by Crippen LogP contribution is 2.34. The highest BCUT2D eigenvalue weighted by atomic mass is 79.9. The van der Waals surface area contributed by atoms with Crippen LogP contribution in [-0.4, -0.2) is 29.2 Å². The number of halogens is 1. The van der Waals surface area contributed by atoms with Crippen LogP contribution in [0.3, 0.4) is 0 Å². The average Bonchev–Trinajstić information content (AvgIpc) is 3.12. The molecule has 1 fully saturated rings. The Morgan fingerprint density at radius 3 is 2.79 bits per heavy atom. The predicted octanol–water partition coefficient (Wildman–Crippen LogP) is 4.51. The Hall–Kier alpha value is -1.57. The van der Waals surface area contributed by atoms with Gasteiger partial charge in [-0.25, -0.2) is 0 Å². The number of thiocarbonyl (C=S) groups is 1. The van der Waals surface area contributed by atoms with Gasteiger partial charge < -0.3 is 9.32 Å². The SMILES string of the molecule is CN(C)c1ccc(C=C2SC(=S)N(Cc3ccco3)C2=O)cc1Br. The molecule has 2 aromatic rings. The van der Waals surface area contributed by atoms with Crippen molar-refractivity contribution < 1.29 is 9.21 Å². The minimum atomic E-state index is -0.0887. The Morgan fingerprint density at radius 1 is 1.38 bits per heavy atom. The van der Waals surface area contributed by atoms with Crippen LogP contribution in [0.2, 0.25) is 0 Å². The molecule has 0 radical (unpaired) electrons. The standard InChI is InChI=1S/C17H15BrN2O2S2/c1-19(2)14-6-5-11(8-13(14)18)9-15-16(21)20(17(23)24-15)10-12-4-3-7-22-12/h3-9H,10H2,1-2H3. The molecule has 24 heavy (non-hydrogen) atoms. The van der Waals surface area contributed by atoms with Gasteiger partial charge in [-0.3, -0.25) is 9.69 Å². The Bertz CT molecular complexity index is 816. The van der Waals surface area contributed by atoms with Crippen molar-refractivity contribution >= 4 is 61.9 Å². The van der Waals surface area contributed by atoms with E-state index in [4.69, 9.17) is 16.6 Å². The van der Waals surface area contributed by atoms with Gasteiger partial charge in [0.25, 0.3) is 5.91 Å². The summed E-state index contributed by atoms with van der Waals surface area (Å²) in [6.07, 6.45) is 3.46. The normalized spacial score (nSPS) is 16.3. The first-order valence-electron chi connectivity index (χ1n) is 7.20. The van der Waals surface area contributed by atoms with Gasteiger partial charge in [-0.15, -0.1) is 0 Å². The van der Waals surface area contributed by atoms with Crippen LogP contribution in [0.5, 0.6) is 0 Å². The number of anilines is 1. The summed E-state index contributed by atoms with van der Waals surface area (Å²) in [6.45, 7) is 0.359. The molecule has 0 unspecified atom stereocenters. The van der Waals surface area contributed by atoms with E-state index < -0.39 is 0 Å². The molecule has 124 valence electrons. The molecule has 0 spiro atoms. The zero-order chi connectivity index (χ0) is 17.3. The summed E-state index contributed by atoms with van der Waals surface area (Å²) < 4.78 is 6.83. The monoisotopic (exact) mass is 422 g/mol. The molecule has 0 aliphatic carbocycles. The summed E-state index contributed by atoms with van der Waals surface area (Å²) in [4.78, 5) is 16.8. The Balaban J connectivity index is 1.82. The van der Waals surface area contributed by atoms with E-state index in [0.29, 0.717) is 21.5 Å². The van der Waals surface area contributed by atoms with Crippen LogP contribution < -0.4 is 4.90 Å². The Kier molecular flexibility index (Phi) is 5.12. The largest absolute Gasteiger partial charge is 0.467 e. The number of hydrogen-bond donors (Lipinski definition) is 0. The zero-order valence-corrected chi connectivity index (χ0v) is 16.4. The van der Waals surface area contributed by atoms with Gasteiger partial charge in [0, 0.05) is 18.6 Å². The third-order valence-corrected chi connectivity index (χ3v) is 5.53. The number of furan rings is 1. The lowest BCUT2D eigenvalue weighted by atomic mass is 10.2. The molecular formula is C17H15BrN2O2S2. The molecule has 0 N–H and O–H groups in total. The first-order chi connectivity index (χ1) is 11.5. The predicted molar refractivity (Wildman–Crippen MR) is 106 cm³/mol. The molecule has 4 nitrogen and oxygen atoms in total. The van der Waals surface area contributed by atoms with E-state index in [1.807, 2.05) is 49.3 Å². The second-order valence-electron chi connectivity index (χ2n) is 5.45. The number of amides is 1. The van der Waals surface area contributed by atoms with Gasteiger partial charge in [-0.2, -0.15) is 0 Å². The Morgan fingerprint density at radius 2 is 2.17 bits per heavy atom. The minimum Gasteiger partial charge on any atom is -0.467 e. The minimum absolute atomic E-state index is 0.0887. The summed E-state index contributed by atoms with van der Waals surface area (Å²) in [5.74, 6) is 0.625. The summed E-state index contributed by atoms with van der Waals surface area (Å²) in [5.41, 5.74) is 2.03. The smallest absolute Gasteiger partial charge is 0.266 e. The Labute approximate surface area is 158 Å². The fourth-order valence-corrected chi connectivity index (χ4v) is 4.33. The van der Waals surface area contributed by atoms with Crippen molar-refractivity contribution in [3.05, 3.63) is 57.3 Å². The maximum absolute atomic E-state index is 12.6. The summed E-state index contributed by atoms with van der Waals surface area (Å²) in [5, 5.41) is 0. The second-order valence-corrected chi connectivity index (χ2v) is 7.98. The van der Waals surface area contributed by atoms with Crippen molar-refractivity contribution in [3.8, 4) is 0 Å². The first-order valence-corrected chi connectivity index (χ1v) is 9.22. The molecule has 1 aliphatic heterocycles. The van der Waals surface area contributed by atoms with E-state index in [9.17, 15) is 4.79 Å². The molecule has 1 aliphatic rings. The van der Waals surface area contributed by atoms with E-state index >= 15 is 0 Å². The topological polar surface area (TPSA) is 36.7 Å². The highest BCUT2D eigenvalue weighted by molar-refractivity contribution is 9.10. The van der Waals surface area contributed by atoms with Crippen molar-refractivity contribution in [3.63, 3.8) is 0 Å². The molecule has 2 heterocycles. The number of rotatable bonds is 4. The summed E-state index contributed by atoms with van der Waals surface area (Å²) in [6, 6.07) is 9.62. The average molecular weight is 423 g/mol. The molecule has 1 amide bonds. The van der Waals surface area contributed by atoms with E-state index in [1.54, 1.807) is 17.2 Å². The lowest BCUT2D eigenvalue weighted by molar-refractivity contribution is -0.122. The van der Waals surface area contributed by atoms with E-state index in [2.05, 4.69) is 15.9 Å². The molecule has 1 saturated heterocycles. The van der Waals surface area contributed by atoms with Crippen molar-refractivity contribution in [1.29, 1.82) is 0 Å². The number of benzene rings is 1. The highest BCUT2D eigenvalue weighted by Gasteiger charge is 2.32. The molecule has 3 rings (SSSR count). The van der Waals surface area contributed by atoms with E-state index in [0.717, 1.165) is 15.7 Å². The number of carbonyl (C=O) groups excluding carboxylic acids is 1. The van der Waals surface area contributed by atoms with Crippen molar-refractivity contribution in [2.75, 3.05) is 19.0 Å². The van der Waals surface area contributed by atoms with Crippen molar-refractivity contribution in [2.24, 2.45) is 0 Å². The molecule has 0 atom stereocenters. The maximum Gasteiger partial charge on any atom is 0.266 e. The van der Waals surface area contributed by atoms with E-state index in [1.165, 1.54) is 11.8 Å². The summed E-state index contributed by atoms with van der Waals surface area (Å²) in [7, 11) is 3.97. The van der Waals surface area contributed by atoms with Crippen LogP contribution in [0.4, 0.5) is 5.69 Å². The van der Waals surface area contributed by atoms with Gasteiger partial charge in [0.15, 0.2) is 0 Å². The zero-order valence-electron chi connectivity index (χ0n) is 13.2. The van der Waals surface area contributed by atoms with Gasteiger partial charge in [-0.05, 0) is 51.8 Å². The van der Waals surface area contributed by atoms with E-state index in [-0.39, 0.29) is 5.91 Å². The van der Waals surface area contributed by atoms with Gasteiger partial charge in [0.05, 0.1) is 23.4 Å². The molecule has 7 heteroatoms. The van der Waals surface area contributed by atoms with Gasteiger partial charge in [0.2, 0.25) is 0 Å². The first kappa shape index (κ1) is 17.3. The van der Waals surface area contributed by atoms with Crippen molar-refractivity contribution in [1.82, 2.24) is 4.90 Å². The van der Waals surface area contributed by atoms with Crippen LogP contribution in [0.15, 0.2) is 50.4 Å². The molecule has 1 aromatic heterocycles. The lowest BCUT2D eigenvalue weighted by Gasteiger charge is -2.14. The third-order valence-electron chi connectivity index (χ3n) is 3.52. The quantitative estimate of drug-likeness (QED) is 0.534. The van der Waals surface area contributed by atoms with Crippen LogP contribution in [-0.2, 0) is 11.3 Å². The fourth-order valence-electron chi connectivity index (χ4n) is 2.32. The second kappa shape index (κ2) is 7.13. The molecule has 1 aromatic carbocycles. The van der Waals surface area contributed by atoms with Gasteiger partial charge in [0.1, 0.15) is 10.1 Å². The molecule has 0 bridgehead atoms. The van der Waals surface area contributed by atoms with Gasteiger partial charge >= 0.3 is 0 Å². The van der Waals surface area contributed by atoms with Crippen LogP contribution >= 0.6 is 39.9 Å². The van der Waals surface area contributed by atoms with Gasteiger partial charge in [-0.1, -0.05) is 30.0 Å². The van der Waals surface area contributed by atoms with Crippen LogP contribution in [0.1, 0.15) is 11.3 Å².